The lowest BCUT2D eigenvalue weighted by atomic mass is 10.2. The van der Waals surface area contributed by atoms with Gasteiger partial charge in [-0.25, -0.2) is 10.2 Å². The largest absolute Gasteiger partial charge is 0.490 e. The Bertz CT molecular complexity index is 1150. The number of amides is 2. The van der Waals surface area contributed by atoms with Crippen LogP contribution in [-0.2, 0) is 4.79 Å². The smallest absolute Gasteiger partial charge is 0.343 e. The van der Waals surface area contributed by atoms with Crippen molar-refractivity contribution in [2.24, 2.45) is 5.10 Å². The molecule has 8 nitrogen and oxygen atoms in total. The molecule has 0 aliphatic carbocycles. The minimum absolute atomic E-state index is 0.0779. The van der Waals surface area contributed by atoms with Gasteiger partial charge >= 0.3 is 5.97 Å². The van der Waals surface area contributed by atoms with E-state index in [0.717, 1.165) is 0 Å². The van der Waals surface area contributed by atoms with Crippen LogP contribution in [0, 0.1) is 0 Å². The maximum Gasteiger partial charge on any atom is 0.343 e. The third-order valence-electron chi connectivity index (χ3n) is 4.56. The molecule has 0 aliphatic heterocycles. The van der Waals surface area contributed by atoms with Crippen LogP contribution in [0.1, 0.15) is 39.6 Å². The summed E-state index contributed by atoms with van der Waals surface area (Å²) in [5, 5.41) is 6.62. The van der Waals surface area contributed by atoms with E-state index in [-0.39, 0.29) is 30.5 Å². The predicted molar refractivity (Wildman–Crippen MR) is 128 cm³/mol. The Balaban J connectivity index is 1.51. The normalized spacial score (nSPS) is 10.5. The van der Waals surface area contributed by atoms with Gasteiger partial charge in [0.1, 0.15) is 0 Å². The number of carbonyl (C=O) groups excluding carboxylic acids is 3. The molecule has 0 atom stereocenters. The van der Waals surface area contributed by atoms with Crippen molar-refractivity contribution in [1.29, 1.82) is 0 Å². The van der Waals surface area contributed by atoms with E-state index in [1.165, 1.54) is 6.21 Å². The summed E-state index contributed by atoms with van der Waals surface area (Å²) in [5.41, 5.74) is 4.02. The molecule has 3 rings (SSSR count). The van der Waals surface area contributed by atoms with Gasteiger partial charge in [-0.3, -0.25) is 9.59 Å². The summed E-state index contributed by atoms with van der Waals surface area (Å²) in [4.78, 5) is 36.3. The standard InChI is InChI=1S/C26H25N3O5/c1-2-33-23-17-19(13-14-22(23)34-26(32)21-11-7-4-8-12-21)18-28-29-24(30)15-16-27-25(31)20-9-5-3-6-10-20/h3-14,17-18H,2,15-16H2,1H3,(H,27,31)(H,29,30)/b28-18-. The number of benzene rings is 3. The van der Waals surface area contributed by atoms with Gasteiger partial charge in [0.15, 0.2) is 11.5 Å². The van der Waals surface area contributed by atoms with Crippen LogP contribution in [0.25, 0.3) is 0 Å². The molecule has 3 aromatic carbocycles. The third-order valence-corrected chi connectivity index (χ3v) is 4.56. The van der Waals surface area contributed by atoms with Gasteiger partial charge in [0.25, 0.3) is 5.91 Å². The maximum absolute atomic E-state index is 12.3. The van der Waals surface area contributed by atoms with Crippen LogP contribution in [0.5, 0.6) is 11.5 Å². The Morgan fingerprint density at radius 2 is 1.56 bits per heavy atom. The first-order valence-electron chi connectivity index (χ1n) is 10.8. The monoisotopic (exact) mass is 459 g/mol. The quantitative estimate of drug-likeness (QED) is 0.209. The Kier molecular flexibility index (Phi) is 8.92. The van der Waals surface area contributed by atoms with Gasteiger partial charge in [0.2, 0.25) is 5.91 Å². The van der Waals surface area contributed by atoms with Crippen molar-refractivity contribution in [3.05, 3.63) is 95.6 Å². The Labute approximate surface area is 197 Å². The molecule has 0 fully saturated rings. The zero-order valence-corrected chi connectivity index (χ0v) is 18.7. The van der Waals surface area contributed by atoms with Crippen molar-refractivity contribution in [2.45, 2.75) is 13.3 Å². The van der Waals surface area contributed by atoms with E-state index in [2.05, 4.69) is 15.8 Å². The van der Waals surface area contributed by atoms with Gasteiger partial charge in [-0.1, -0.05) is 36.4 Å². The van der Waals surface area contributed by atoms with Gasteiger partial charge in [-0.05, 0) is 55.0 Å². The molecule has 0 radical (unpaired) electrons. The molecule has 0 aliphatic rings. The second kappa shape index (κ2) is 12.5. The van der Waals surface area contributed by atoms with Crippen LogP contribution in [0.3, 0.4) is 0 Å². The molecule has 0 bridgehead atoms. The molecular formula is C26H25N3O5. The SMILES string of the molecule is CCOc1cc(/C=N\NC(=O)CCNC(=O)c2ccccc2)ccc1OC(=O)c1ccccc1. The van der Waals surface area contributed by atoms with Crippen molar-refractivity contribution in [3.8, 4) is 11.5 Å². The topological polar surface area (TPSA) is 106 Å². The van der Waals surface area contributed by atoms with Gasteiger partial charge < -0.3 is 14.8 Å². The van der Waals surface area contributed by atoms with Crippen LogP contribution < -0.4 is 20.2 Å². The van der Waals surface area contributed by atoms with Crippen LogP contribution in [0.15, 0.2) is 84.0 Å². The van der Waals surface area contributed by atoms with Gasteiger partial charge in [-0.2, -0.15) is 5.10 Å². The number of ether oxygens (including phenoxy) is 2. The lowest BCUT2D eigenvalue weighted by Crippen LogP contribution is -2.28. The summed E-state index contributed by atoms with van der Waals surface area (Å²) in [6.45, 7) is 2.38. The highest BCUT2D eigenvalue weighted by molar-refractivity contribution is 5.94. The maximum atomic E-state index is 12.3. The molecule has 0 saturated heterocycles. The van der Waals surface area contributed by atoms with E-state index >= 15 is 0 Å². The van der Waals surface area contributed by atoms with Crippen molar-refractivity contribution in [3.63, 3.8) is 0 Å². The Hall–Kier alpha value is -4.46. The second-order valence-electron chi connectivity index (χ2n) is 7.06. The average molecular weight is 460 g/mol. The molecule has 0 unspecified atom stereocenters. The number of hydrogen-bond donors (Lipinski definition) is 2. The number of hydrogen-bond acceptors (Lipinski definition) is 6. The first-order valence-corrected chi connectivity index (χ1v) is 10.8. The third kappa shape index (κ3) is 7.30. The van der Waals surface area contributed by atoms with Crippen molar-refractivity contribution >= 4 is 24.0 Å². The summed E-state index contributed by atoms with van der Waals surface area (Å²) in [6, 6.07) is 22.4. The first-order chi connectivity index (χ1) is 16.6. The molecular weight excluding hydrogens is 434 g/mol. The van der Waals surface area contributed by atoms with E-state index in [1.807, 2.05) is 19.1 Å². The highest BCUT2D eigenvalue weighted by Gasteiger charge is 2.13. The van der Waals surface area contributed by atoms with Crippen LogP contribution in [-0.4, -0.2) is 37.1 Å². The average Bonchev–Trinajstić information content (AvgIpc) is 2.86. The Morgan fingerprint density at radius 3 is 2.24 bits per heavy atom. The Morgan fingerprint density at radius 1 is 0.882 bits per heavy atom. The zero-order valence-electron chi connectivity index (χ0n) is 18.7. The molecule has 0 aromatic heterocycles. The summed E-state index contributed by atoms with van der Waals surface area (Å²) >= 11 is 0. The molecule has 0 saturated carbocycles. The highest BCUT2D eigenvalue weighted by atomic mass is 16.6. The molecule has 34 heavy (non-hydrogen) atoms. The number of carbonyl (C=O) groups is 3. The summed E-state index contributed by atoms with van der Waals surface area (Å²) in [6.07, 6.45) is 1.53. The molecule has 2 amide bonds. The summed E-state index contributed by atoms with van der Waals surface area (Å²) in [5.74, 6) is -0.414. The zero-order chi connectivity index (χ0) is 24.2. The lowest BCUT2D eigenvalue weighted by molar-refractivity contribution is -0.120. The van der Waals surface area contributed by atoms with E-state index in [0.29, 0.717) is 29.0 Å². The second-order valence-corrected chi connectivity index (χ2v) is 7.06. The van der Waals surface area contributed by atoms with E-state index in [1.54, 1.807) is 66.7 Å². The molecule has 2 N–H and O–H groups in total. The fourth-order valence-corrected chi connectivity index (χ4v) is 2.91. The first kappa shape index (κ1) is 24.2. The van der Waals surface area contributed by atoms with Crippen LogP contribution in [0.2, 0.25) is 0 Å². The summed E-state index contributed by atoms with van der Waals surface area (Å²) < 4.78 is 11.1. The molecule has 0 heterocycles. The van der Waals surface area contributed by atoms with Gasteiger partial charge in [0.05, 0.1) is 18.4 Å². The summed E-state index contributed by atoms with van der Waals surface area (Å²) in [7, 11) is 0. The van der Waals surface area contributed by atoms with E-state index in [9.17, 15) is 14.4 Å². The number of nitrogens with zero attached hydrogens (tertiary/aromatic N) is 1. The fourth-order valence-electron chi connectivity index (χ4n) is 2.91. The van der Waals surface area contributed by atoms with Crippen molar-refractivity contribution in [2.75, 3.05) is 13.2 Å². The predicted octanol–water partition coefficient (Wildman–Crippen LogP) is 3.57. The van der Waals surface area contributed by atoms with Crippen LogP contribution in [0.4, 0.5) is 0 Å². The highest BCUT2D eigenvalue weighted by Crippen LogP contribution is 2.29. The number of nitrogens with one attached hydrogen (secondary N) is 2. The van der Waals surface area contributed by atoms with Gasteiger partial charge in [0, 0.05) is 18.5 Å². The van der Waals surface area contributed by atoms with Gasteiger partial charge in [-0.15, -0.1) is 0 Å². The minimum atomic E-state index is -0.491. The number of esters is 1. The molecule has 174 valence electrons. The van der Waals surface area contributed by atoms with E-state index < -0.39 is 5.97 Å². The van der Waals surface area contributed by atoms with Crippen LogP contribution >= 0.6 is 0 Å². The van der Waals surface area contributed by atoms with Crippen molar-refractivity contribution in [1.82, 2.24) is 10.7 Å². The van der Waals surface area contributed by atoms with Crippen molar-refractivity contribution < 1.29 is 23.9 Å². The molecule has 3 aromatic rings. The number of rotatable bonds is 10. The minimum Gasteiger partial charge on any atom is -0.490 e. The molecule has 0 spiro atoms. The van der Waals surface area contributed by atoms with E-state index in [4.69, 9.17) is 9.47 Å². The fraction of sp³-hybridized carbons (Fsp3) is 0.154. The molecule has 8 heteroatoms. The number of hydrazone groups is 1. The lowest BCUT2D eigenvalue weighted by Gasteiger charge is -2.11.